The first-order chi connectivity index (χ1) is 11.6. The highest BCUT2D eigenvalue weighted by Gasteiger charge is 2.35. The molecule has 128 valence electrons. The largest absolute Gasteiger partial charge is 0.379 e. The number of allylic oxidation sites excluding steroid dienone is 1. The number of hydrogen-bond donors (Lipinski definition) is 0. The number of likely N-dealkylation sites (tertiary alicyclic amines) is 1. The number of hydrogen-bond acceptors (Lipinski definition) is 3. The molecule has 4 heteroatoms. The minimum Gasteiger partial charge on any atom is -0.379 e. The molecule has 0 saturated carbocycles. The van der Waals surface area contributed by atoms with Gasteiger partial charge >= 0.3 is 0 Å². The number of carbonyl (C=O) groups is 1. The van der Waals surface area contributed by atoms with Crippen molar-refractivity contribution >= 4 is 5.91 Å². The zero-order valence-electron chi connectivity index (χ0n) is 14.7. The molecule has 1 aromatic carbocycles. The van der Waals surface area contributed by atoms with Gasteiger partial charge in [0.25, 0.3) is 5.91 Å². The van der Waals surface area contributed by atoms with E-state index in [4.69, 9.17) is 4.74 Å². The van der Waals surface area contributed by atoms with Gasteiger partial charge in [0.05, 0.1) is 12.1 Å². The fourth-order valence-electron chi connectivity index (χ4n) is 3.29. The second kappa shape index (κ2) is 8.65. The van der Waals surface area contributed by atoms with Crippen LogP contribution in [0.15, 0.2) is 42.0 Å². The second-order valence-corrected chi connectivity index (χ2v) is 6.61. The van der Waals surface area contributed by atoms with Crippen LogP contribution in [0.2, 0.25) is 0 Å². The van der Waals surface area contributed by atoms with Gasteiger partial charge in [0.1, 0.15) is 11.6 Å². The third kappa shape index (κ3) is 4.46. The number of rotatable bonds is 5. The van der Waals surface area contributed by atoms with Crippen molar-refractivity contribution in [3.05, 3.63) is 47.5 Å². The lowest BCUT2D eigenvalue weighted by atomic mass is 9.92. The van der Waals surface area contributed by atoms with E-state index in [1.807, 2.05) is 36.9 Å². The molecule has 0 aromatic heterocycles. The number of piperidine rings is 1. The van der Waals surface area contributed by atoms with Crippen LogP contribution < -0.4 is 0 Å². The first-order valence-electron chi connectivity index (χ1n) is 8.56. The van der Waals surface area contributed by atoms with E-state index >= 15 is 0 Å². The van der Waals surface area contributed by atoms with Crippen LogP contribution in [0.1, 0.15) is 32.3 Å². The van der Waals surface area contributed by atoms with Crippen LogP contribution in [0.5, 0.6) is 0 Å². The van der Waals surface area contributed by atoms with Crippen molar-refractivity contribution < 1.29 is 9.53 Å². The molecule has 0 N–H and O–H groups in total. The number of amides is 1. The summed E-state index contributed by atoms with van der Waals surface area (Å²) in [6.07, 6.45) is 4.33. The van der Waals surface area contributed by atoms with E-state index in [1.165, 1.54) is 5.56 Å². The second-order valence-electron chi connectivity index (χ2n) is 6.61. The van der Waals surface area contributed by atoms with Crippen molar-refractivity contribution in [1.82, 2.24) is 4.90 Å². The van der Waals surface area contributed by atoms with Gasteiger partial charge < -0.3 is 9.64 Å². The van der Waals surface area contributed by atoms with E-state index in [9.17, 15) is 10.1 Å². The minimum atomic E-state index is -0.172. The quantitative estimate of drug-likeness (QED) is 0.616. The number of nitriles is 1. The fraction of sp³-hybridized carbons (Fsp3) is 0.500. The van der Waals surface area contributed by atoms with E-state index in [1.54, 1.807) is 13.2 Å². The molecule has 0 bridgehead atoms. The summed E-state index contributed by atoms with van der Waals surface area (Å²) in [4.78, 5) is 14.7. The smallest absolute Gasteiger partial charge is 0.264 e. The lowest BCUT2D eigenvalue weighted by Crippen LogP contribution is -2.53. The topological polar surface area (TPSA) is 53.3 Å². The van der Waals surface area contributed by atoms with Gasteiger partial charge in [0.2, 0.25) is 0 Å². The number of carbonyl (C=O) groups excluding carboxylic acids is 1. The maximum atomic E-state index is 12.9. The molecule has 2 atom stereocenters. The highest BCUT2D eigenvalue weighted by molar-refractivity contribution is 5.97. The van der Waals surface area contributed by atoms with Gasteiger partial charge in [-0.1, -0.05) is 50.3 Å². The highest BCUT2D eigenvalue weighted by atomic mass is 16.5. The van der Waals surface area contributed by atoms with Crippen molar-refractivity contribution in [3.8, 4) is 6.07 Å². The van der Waals surface area contributed by atoms with Crippen LogP contribution in [0.25, 0.3) is 0 Å². The summed E-state index contributed by atoms with van der Waals surface area (Å²) in [5.41, 5.74) is 1.41. The fourth-order valence-corrected chi connectivity index (χ4v) is 3.29. The summed E-state index contributed by atoms with van der Waals surface area (Å²) >= 11 is 0. The van der Waals surface area contributed by atoms with Crippen LogP contribution in [-0.4, -0.2) is 36.6 Å². The Balaban J connectivity index is 2.27. The van der Waals surface area contributed by atoms with E-state index in [0.29, 0.717) is 6.54 Å². The molecule has 2 rings (SSSR count). The predicted molar refractivity (Wildman–Crippen MR) is 94.2 cm³/mol. The maximum absolute atomic E-state index is 12.9. The molecule has 0 spiro atoms. The predicted octanol–water partition coefficient (Wildman–Crippen LogP) is 3.34. The van der Waals surface area contributed by atoms with Crippen LogP contribution in [-0.2, 0) is 16.0 Å². The normalized spacial score (nSPS) is 21.6. The van der Waals surface area contributed by atoms with E-state index in [0.717, 1.165) is 19.3 Å². The van der Waals surface area contributed by atoms with Crippen LogP contribution >= 0.6 is 0 Å². The van der Waals surface area contributed by atoms with Gasteiger partial charge in [0, 0.05) is 13.7 Å². The highest BCUT2D eigenvalue weighted by Crippen LogP contribution is 2.25. The number of ether oxygens (including phenoxy) is 1. The summed E-state index contributed by atoms with van der Waals surface area (Å²) in [5.74, 6) is -0.00642. The number of methoxy groups -OCH3 is 1. The molecule has 0 unspecified atom stereocenters. The summed E-state index contributed by atoms with van der Waals surface area (Å²) < 4.78 is 5.65. The van der Waals surface area contributed by atoms with Crippen LogP contribution in [0.3, 0.4) is 0 Å². The summed E-state index contributed by atoms with van der Waals surface area (Å²) in [5, 5.41) is 9.38. The number of nitrogens with zero attached hydrogens (tertiary/aromatic N) is 2. The molecule has 0 aliphatic carbocycles. The third-order valence-corrected chi connectivity index (χ3v) is 4.42. The average molecular weight is 326 g/mol. The SMILES string of the molecule is CO[C@H]1CCCN(C(=O)C(C#N)=CC(C)C)[C@H]1Cc1ccccc1. The zero-order chi connectivity index (χ0) is 17.5. The Morgan fingerprint density at radius 2 is 2.12 bits per heavy atom. The molecule has 4 nitrogen and oxygen atoms in total. The first kappa shape index (κ1) is 18.2. The third-order valence-electron chi connectivity index (χ3n) is 4.42. The molecule has 1 amide bonds. The average Bonchev–Trinajstić information content (AvgIpc) is 2.60. The molecule has 1 aromatic rings. The first-order valence-corrected chi connectivity index (χ1v) is 8.56. The van der Waals surface area contributed by atoms with E-state index < -0.39 is 0 Å². The van der Waals surface area contributed by atoms with Crippen molar-refractivity contribution in [2.24, 2.45) is 5.92 Å². The van der Waals surface area contributed by atoms with Gasteiger partial charge in [-0.05, 0) is 30.7 Å². The monoisotopic (exact) mass is 326 g/mol. The summed E-state index contributed by atoms with van der Waals surface area (Å²) in [7, 11) is 1.70. The van der Waals surface area contributed by atoms with E-state index in [2.05, 4.69) is 18.2 Å². The van der Waals surface area contributed by atoms with Gasteiger partial charge in [-0.25, -0.2) is 0 Å². The summed E-state index contributed by atoms with van der Waals surface area (Å²) in [6.45, 7) is 4.62. The lowest BCUT2D eigenvalue weighted by molar-refractivity contribution is -0.135. The Morgan fingerprint density at radius 1 is 1.42 bits per heavy atom. The molecule has 1 heterocycles. The molecule has 1 aliphatic rings. The Labute approximate surface area is 144 Å². The van der Waals surface area contributed by atoms with Crippen molar-refractivity contribution in [3.63, 3.8) is 0 Å². The van der Waals surface area contributed by atoms with E-state index in [-0.39, 0.29) is 29.5 Å². The Bertz CT molecular complexity index is 616. The zero-order valence-corrected chi connectivity index (χ0v) is 14.7. The van der Waals surface area contributed by atoms with Crippen LogP contribution in [0, 0.1) is 17.2 Å². The van der Waals surface area contributed by atoms with Crippen molar-refractivity contribution in [2.45, 2.75) is 45.3 Å². The van der Waals surface area contributed by atoms with Crippen molar-refractivity contribution in [2.75, 3.05) is 13.7 Å². The maximum Gasteiger partial charge on any atom is 0.264 e. The Kier molecular flexibility index (Phi) is 6.57. The molecular weight excluding hydrogens is 300 g/mol. The molecule has 24 heavy (non-hydrogen) atoms. The molecule has 1 saturated heterocycles. The molecule has 1 aliphatic heterocycles. The lowest BCUT2D eigenvalue weighted by Gasteiger charge is -2.40. The van der Waals surface area contributed by atoms with Gasteiger partial charge in [0.15, 0.2) is 0 Å². The standard InChI is InChI=1S/C20H26N2O2/c1-15(2)12-17(14-21)20(23)22-11-7-10-19(24-3)18(22)13-16-8-5-4-6-9-16/h4-6,8-9,12,15,18-19H,7,10-11,13H2,1-3H3/t18-,19-/m0/s1. The van der Waals surface area contributed by atoms with Gasteiger partial charge in [-0.3, -0.25) is 4.79 Å². The number of benzene rings is 1. The van der Waals surface area contributed by atoms with Crippen LogP contribution in [0.4, 0.5) is 0 Å². The van der Waals surface area contributed by atoms with Gasteiger partial charge in [-0.2, -0.15) is 5.26 Å². The summed E-state index contributed by atoms with van der Waals surface area (Å²) in [6, 6.07) is 12.2. The Morgan fingerprint density at radius 3 is 2.71 bits per heavy atom. The molecular formula is C20H26N2O2. The van der Waals surface area contributed by atoms with Gasteiger partial charge in [-0.15, -0.1) is 0 Å². The Hall–Kier alpha value is -2.12. The molecule has 1 fully saturated rings. The minimum absolute atomic E-state index is 0.00176. The molecule has 0 radical (unpaired) electrons. The van der Waals surface area contributed by atoms with Crippen molar-refractivity contribution in [1.29, 1.82) is 5.26 Å².